The number of nitrogens with zero attached hydrogens (tertiary/aromatic N) is 1. The van der Waals surface area contributed by atoms with Crippen molar-refractivity contribution in [3.8, 4) is 0 Å². The van der Waals surface area contributed by atoms with Crippen molar-refractivity contribution in [1.82, 2.24) is 10.6 Å². The topological polar surface area (TPSA) is 54.9 Å². The number of thioether (sulfide) groups is 1. The fraction of sp³-hybridized carbons (Fsp3) is 0.929. The Morgan fingerprint density at radius 3 is 2.76 bits per heavy atom. The fourth-order valence-corrected chi connectivity index (χ4v) is 2.27. The molecule has 0 saturated carbocycles. The highest BCUT2D eigenvalue weighted by Gasteiger charge is 2.13. The molecular weight excluding hydrogens is 401 g/mol. The van der Waals surface area contributed by atoms with E-state index >= 15 is 0 Å². The van der Waals surface area contributed by atoms with E-state index in [1.165, 1.54) is 0 Å². The van der Waals surface area contributed by atoms with E-state index in [1.807, 2.05) is 11.8 Å². The van der Waals surface area contributed by atoms with Crippen LogP contribution in [0.3, 0.4) is 0 Å². The summed E-state index contributed by atoms with van der Waals surface area (Å²) >= 11 is 1.83. The van der Waals surface area contributed by atoms with Crippen molar-refractivity contribution < 1.29 is 9.47 Å². The number of guanidine groups is 1. The van der Waals surface area contributed by atoms with E-state index in [0.717, 1.165) is 70.4 Å². The van der Waals surface area contributed by atoms with Crippen molar-refractivity contribution in [3.63, 3.8) is 0 Å². The molecule has 1 heterocycles. The molecule has 0 unspecified atom stereocenters. The minimum absolute atomic E-state index is 0. The minimum atomic E-state index is 0. The monoisotopic (exact) mass is 431 g/mol. The third kappa shape index (κ3) is 11.5. The van der Waals surface area contributed by atoms with Gasteiger partial charge in [-0.15, -0.1) is 24.0 Å². The van der Waals surface area contributed by atoms with Gasteiger partial charge in [0.05, 0.1) is 6.10 Å². The molecule has 21 heavy (non-hydrogen) atoms. The first kappa shape index (κ1) is 21.3. The first-order valence-electron chi connectivity index (χ1n) is 7.57. The third-order valence-corrected chi connectivity index (χ3v) is 3.65. The Bertz CT molecular complexity index is 265. The molecule has 2 N–H and O–H groups in total. The molecular formula is C14H30IN3O2S. The maximum absolute atomic E-state index is 5.83. The van der Waals surface area contributed by atoms with Gasteiger partial charge in [-0.05, 0) is 32.4 Å². The van der Waals surface area contributed by atoms with Crippen molar-refractivity contribution in [1.29, 1.82) is 0 Å². The summed E-state index contributed by atoms with van der Waals surface area (Å²) in [5, 5.41) is 6.58. The van der Waals surface area contributed by atoms with Gasteiger partial charge in [0.1, 0.15) is 0 Å². The molecule has 0 aromatic heterocycles. The Morgan fingerprint density at radius 1 is 1.33 bits per heavy atom. The van der Waals surface area contributed by atoms with Crippen LogP contribution in [0.1, 0.15) is 26.2 Å². The molecule has 0 atom stereocenters. The molecule has 0 amide bonds. The lowest BCUT2D eigenvalue weighted by Gasteiger charge is -2.22. The Hall–Kier alpha value is 0.270. The zero-order valence-electron chi connectivity index (χ0n) is 13.2. The summed E-state index contributed by atoms with van der Waals surface area (Å²) in [7, 11) is 0. The van der Waals surface area contributed by atoms with Crippen molar-refractivity contribution in [3.05, 3.63) is 0 Å². The van der Waals surface area contributed by atoms with Crippen LogP contribution in [0.4, 0.5) is 0 Å². The maximum atomic E-state index is 5.83. The Balaban J connectivity index is 0.00000400. The highest BCUT2D eigenvalue weighted by Crippen LogP contribution is 2.10. The Morgan fingerprint density at radius 2 is 2.10 bits per heavy atom. The standard InChI is InChI=1S/C14H29N3O2S.HI/c1-3-15-14(17-8-12-20-2)16-7-4-9-19-13-5-10-18-11-6-13;/h13H,3-12H2,1-2H3,(H2,15,16,17);1H. The number of ether oxygens (including phenoxy) is 2. The summed E-state index contributed by atoms with van der Waals surface area (Å²) in [6, 6.07) is 0. The van der Waals surface area contributed by atoms with Crippen LogP contribution < -0.4 is 10.6 Å². The van der Waals surface area contributed by atoms with Gasteiger partial charge in [-0.3, -0.25) is 4.99 Å². The second kappa shape index (κ2) is 15.2. The molecule has 0 radical (unpaired) electrons. The maximum Gasteiger partial charge on any atom is 0.191 e. The Labute approximate surface area is 150 Å². The van der Waals surface area contributed by atoms with E-state index in [4.69, 9.17) is 9.47 Å². The number of aliphatic imine (C=N–C) groups is 1. The predicted molar refractivity (Wildman–Crippen MR) is 102 cm³/mol. The second-order valence-electron chi connectivity index (χ2n) is 4.72. The van der Waals surface area contributed by atoms with Crippen LogP contribution in [0.2, 0.25) is 0 Å². The van der Waals surface area contributed by atoms with Crippen molar-refractivity contribution in [2.24, 2.45) is 4.99 Å². The Kier molecular flexibility index (Phi) is 15.4. The predicted octanol–water partition coefficient (Wildman–Crippen LogP) is 2.11. The van der Waals surface area contributed by atoms with Gasteiger partial charge >= 0.3 is 0 Å². The van der Waals surface area contributed by atoms with Crippen LogP contribution in [0, 0.1) is 0 Å². The highest BCUT2D eigenvalue weighted by atomic mass is 127. The van der Waals surface area contributed by atoms with Crippen LogP contribution in [0.15, 0.2) is 4.99 Å². The number of hydrogen-bond donors (Lipinski definition) is 2. The number of nitrogens with one attached hydrogen (secondary N) is 2. The molecule has 0 aromatic rings. The van der Waals surface area contributed by atoms with E-state index in [9.17, 15) is 0 Å². The van der Waals surface area contributed by atoms with Crippen molar-refractivity contribution >= 4 is 41.7 Å². The minimum Gasteiger partial charge on any atom is -0.381 e. The molecule has 0 aromatic carbocycles. The molecule has 0 aliphatic carbocycles. The largest absolute Gasteiger partial charge is 0.381 e. The average Bonchev–Trinajstić information content (AvgIpc) is 2.48. The van der Waals surface area contributed by atoms with Gasteiger partial charge in [-0.1, -0.05) is 0 Å². The first-order valence-corrected chi connectivity index (χ1v) is 8.96. The van der Waals surface area contributed by atoms with Gasteiger partial charge in [0.2, 0.25) is 0 Å². The first-order chi connectivity index (χ1) is 9.86. The lowest BCUT2D eigenvalue weighted by Crippen LogP contribution is -2.38. The van der Waals surface area contributed by atoms with E-state index in [2.05, 4.69) is 28.8 Å². The summed E-state index contributed by atoms with van der Waals surface area (Å²) in [6.45, 7) is 7.20. The van der Waals surface area contributed by atoms with E-state index < -0.39 is 0 Å². The van der Waals surface area contributed by atoms with Gasteiger partial charge in [-0.2, -0.15) is 11.8 Å². The van der Waals surface area contributed by atoms with Gasteiger partial charge < -0.3 is 20.1 Å². The van der Waals surface area contributed by atoms with Crippen molar-refractivity contribution in [2.75, 3.05) is 51.5 Å². The highest BCUT2D eigenvalue weighted by molar-refractivity contribution is 14.0. The normalized spacial score (nSPS) is 16.4. The SMILES string of the molecule is CCNC(=NCCCOC1CCOCC1)NCCSC.I. The quantitative estimate of drug-likeness (QED) is 0.254. The zero-order chi connectivity index (χ0) is 14.5. The summed E-state index contributed by atoms with van der Waals surface area (Å²) < 4.78 is 11.1. The van der Waals surface area contributed by atoms with Gasteiger partial charge in [0.25, 0.3) is 0 Å². The fourth-order valence-electron chi connectivity index (χ4n) is 1.96. The zero-order valence-corrected chi connectivity index (χ0v) is 16.4. The van der Waals surface area contributed by atoms with Gasteiger partial charge in [0.15, 0.2) is 5.96 Å². The molecule has 1 saturated heterocycles. The molecule has 5 nitrogen and oxygen atoms in total. The summed E-state index contributed by atoms with van der Waals surface area (Å²) in [4.78, 5) is 4.55. The van der Waals surface area contributed by atoms with Crippen LogP contribution in [0.5, 0.6) is 0 Å². The molecule has 1 fully saturated rings. The van der Waals surface area contributed by atoms with Gasteiger partial charge in [0, 0.05) is 45.2 Å². The molecule has 0 bridgehead atoms. The van der Waals surface area contributed by atoms with Crippen LogP contribution in [0.25, 0.3) is 0 Å². The molecule has 7 heteroatoms. The smallest absolute Gasteiger partial charge is 0.191 e. The van der Waals surface area contributed by atoms with Crippen LogP contribution >= 0.6 is 35.7 Å². The second-order valence-corrected chi connectivity index (χ2v) is 5.70. The average molecular weight is 431 g/mol. The molecule has 1 rings (SSSR count). The number of halogens is 1. The molecule has 1 aliphatic rings. The van der Waals surface area contributed by atoms with Crippen LogP contribution in [-0.2, 0) is 9.47 Å². The molecule has 1 aliphatic heterocycles. The summed E-state index contributed by atoms with van der Waals surface area (Å²) in [6.07, 6.45) is 5.53. The van der Waals surface area contributed by atoms with E-state index in [0.29, 0.717) is 6.10 Å². The number of hydrogen-bond acceptors (Lipinski definition) is 4. The van der Waals surface area contributed by atoms with Crippen molar-refractivity contribution in [2.45, 2.75) is 32.3 Å². The lowest BCUT2D eigenvalue weighted by atomic mass is 10.1. The molecule has 0 spiro atoms. The lowest BCUT2D eigenvalue weighted by molar-refractivity contribution is -0.0318. The molecule has 126 valence electrons. The van der Waals surface area contributed by atoms with Gasteiger partial charge in [-0.25, -0.2) is 0 Å². The number of rotatable bonds is 9. The third-order valence-electron chi connectivity index (χ3n) is 3.04. The summed E-state index contributed by atoms with van der Waals surface area (Å²) in [5.41, 5.74) is 0. The van der Waals surface area contributed by atoms with E-state index in [1.54, 1.807) is 0 Å². The summed E-state index contributed by atoms with van der Waals surface area (Å²) in [5.74, 6) is 2.00. The van der Waals surface area contributed by atoms with E-state index in [-0.39, 0.29) is 24.0 Å². The van der Waals surface area contributed by atoms with Crippen LogP contribution in [-0.4, -0.2) is 63.5 Å².